The van der Waals surface area contributed by atoms with Crippen LogP contribution in [0.4, 0.5) is 5.13 Å². The van der Waals surface area contributed by atoms with Crippen LogP contribution in [0.15, 0.2) is 18.2 Å². The third kappa shape index (κ3) is 3.51. The maximum absolute atomic E-state index is 12.1. The summed E-state index contributed by atoms with van der Waals surface area (Å²) in [5, 5.41) is 3.56. The Morgan fingerprint density at radius 1 is 1.38 bits per heavy atom. The van der Waals surface area contributed by atoms with Crippen LogP contribution in [0, 0.1) is 0 Å². The Bertz CT molecular complexity index is 635. The molecule has 0 bridgehead atoms. The predicted octanol–water partition coefficient (Wildman–Crippen LogP) is 2.73. The van der Waals surface area contributed by atoms with E-state index in [9.17, 15) is 4.79 Å². The molecule has 0 unspecified atom stereocenters. The number of amides is 1. The lowest BCUT2D eigenvalue weighted by atomic mass is 10.1. The Morgan fingerprint density at radius 3 is 2.95 bits per heavy atom. The number of carbonyl (C=O) groups excluding carboxylic acids is 1. The minimum Gasteiger partial charge on any atom is -0.497 e. The molecule has 1 amide bonds. The molecule has 0 spiro atoms. The molecular formula is C15H19N3O2S. The largest absolute Gasteiger partial charge is 0.497 e. The highest BCUT2D eigenvalue weighted by Crippen LogP contribution is 2.29. The van der Waals surface area contributed by atoms with Gasteiger partial charge >= 0.3 is 0 Å². The summed E-state index contributed by atoms with van der Waals surface area (Å²) in [4.78, 5) is 18.7. The van der Waals surface area contributed by atoms with Gasteiger partial charge in [-0.05, 0) is 44.1 Å². The van der Waals surface area contributed by atoms with E-state index in [0.717, 1.165) is 29.1 Å². The van der Waals surface area contributed by atoms with Crippen LogP contribution < -0.4 is 10.1 Å². The van der Waals surface area contributed by atoms with Gasteiger partial charge < -0.3 is 10.1 Å². The van der Waals surface area contributed by atoms with Gasteiger partial charge in [0, 0.05) is 0 Å². The van der Waals surface area contributed by atoms with Crippen LogP contribution in [0.3, 0.4) is 0 Å². The third-order valence-electron chi connectivity index (χ3n) is 3.66. The number of piperidine rings is 1. The van der Waals surface area contributed by atoms with Gasteiger partial charge in [-0.3, -0.25) is 9.69 Å². The molecule has 1 fully saturated rings. The molecule has 5 nitrogen and oxygen atoms in total. The van der Waals surface area contributed by atoms with E-state index in [-0.39, 0.29) is 5.91 Å². The first-order valence-electron chi connectivity index (χ1n) is 7.21. The van der Waals surface area contributed by atoms with Crippen LogP contribution in [0.1, 0.15) is 19.3 Å². The van der Waals surface area contributed by atoms with Crippen LogP contribution in [-0.2, 0) is 4.79 Å². The molecule has 0 atom stereocenters. The topological polar surface area (TPSA) is 54.5 Å². The smallest absolute Gasteiger partial charge is 0.240 e. The van der Waals surface area contributed by atoms with E-state index in [0.29, 0.717) is 11.7 Å². The number of rotatable bonds is 4. The monoisotopic (exact) mass is 305 g/mol. The predicted molar refractivity (Wildman–Crippen MR) is 85.1 cm³/mol. The highest BCUT2D eigenvalue weighted by molar-refractivity contribution is 7.22. The fourth-order valence-corrected chi connectivity index (χ4v) is 3.48. The standard InChI is InChI=1S/C15H19N3O2S/c1-20-11-5-6-12-13(9-11)21-15(16-12)17-14(19)10-18-7-3-2-4-8-18/h5-6,9H,2-4,7-8,10H2,1H3,(H,16,17,19). The molecule has 3 rings (SSSR count). The second-order valence-corrected chi connectivity index (χ2v) is 6.27. The molecule has 1 aromatic carbocycles. The van der Waals surface area contributed by atoms with Crippen molar-refractivity contribution in [3.05, 3.63) is 18.2 Å². The Kier molecular flexibility index (Phi) is 4.36. The van der Waals surface area contributed by atoms with Crippen molar-refractivity contribution in [1.82, 2.24) is 9.88 Å². The van der Waals surface area contributed by atoms with E-state index in [2.05, 4.69) is 15.2 Å². The SMILES string of the molecule is COc1ccc2nc(NC(=O)CN3CCCCC3)sc2c1. The Labute approximate surface area is 127 Å². The number of anilines is 1. The lowest BCUT2D eigenvalue weighted by Crippen LogP contribution is -2.36. The van der Waals surface area contributed by atoms with Gasteiger partial charge in [-0.15, -0.1) is 0 Å². The molecule has 1 aliphatic heterocycles. The number of ether oxygens (including phenoxy) is 1. The molecule has 0 radical (unpaired) electrons. The summed E-state index contributed by atoms with van der Waals surface area (Å²) in [5.41, 5.74) is 0.883. The number of aromatic nitrogens is 1. The van der Waals surface area contributed by atoms with Gasteiger partial charge in [-0.2, -0.15) is 0 Å². The van der Waals surface area contributed by atoms with Gasteiger partial charge in [-0.25, -0.2) is 4.98 Å². The average Bonchev–Trinajstić information content (AvgIpc) is 2.89. The number of hydrogen-bond donors (Lipinski definition) is 1. The quantitative estimate of drug-likeness (QED) is 0.943. The molecule has 1 aliphatic rings. The normalized spacial score (nSPS) is 16.0. The third-order valence-corrected chi connectivity index (χ3v) is 4.59. The van der Waals surface area contributed by atoms with Gasteiger partial charge in [0.15, 0.2) is 5.13 Å². The van der Waals surface area contributed by atoms with Gasteiger partial charge in [0.2, 0.25) is 5.91 Å². The van der Waals surface area contributed by atoms with Crippen molar-refractivity contribution in [2.24, 2.45) is 0 Å². The molecule has 1 aromatic heterocycles. The van der Waals surface area contributed by atoms with Crippen LogP contribution in [0.25, 0.3) is 10.2 Å². The molecule has 1 saturated heterocycles. The van der Waals surface area contributed by atoms with E-state index in [1.54, 1.807) is 7.11 Å². The number of nitrogens with one attached hydrogen (secondary N) is 1. The van der Waals surface area contributed by atoms with Crippen molar-refractivity contribution in [2.45, 2.75) is 19.3 Å². The second-order valence-electron chi connectivity index (χ2n) is 5.24. The van der Waals surface area contributed by atoms with Gasteiger partial charge in [0.1, 0.15) is 5.75 Å². The molecule has 2 heterocycles. The zero-order chi connectivity index (χ0) is 14.7. The molecule has 0 aliphatic carbocycles. The lowest BCUT2D eigenvalue weighted by molar-refractivity contribution is -0.117. The number of methoxy groups -OCH3 is 1. The summed E-state index contributed by atoms with van der Waals surface area (Å²) in [7, 11) is 1.64. The van der Waals surface area contributed by atoms with Crippen molar-refractivity contribution in [3.8, 4) is 5.75 Å². The highest BCUT2D eigenvalue weighted by Gasteiger charge is 2.15. The maximum Gasteiger partial charge on any atom is 0.240 e. The number of fused-ring (bicyclic) bond motifs is 1. The zero-order valence-electron chi connectivity index (χ0n) is 12.1. The van der Waals surface area contributed by atoms with Crippen molar-refractivity contribution in [1.29, 1.82) is 0 Å². The summed E-state index contributed by atoms with van der Waals surface area (Å²) in [6.45, 7) is 2.49. The molecular weight excluding hydrogens is 286 g/mol. The number of thiazole rings is 1. The summed E-state index contributed by atoms with van der Waals surface area (Å²) in [6, 6.07) is 5.72. The van der Waals surface area contributed by atoms with Gasteiger partial charge in [-0.1, -0.05) is 17.8 Å². The van der Waals surface area contributed by atoms with Crippen LogP contribution in [0.5, 0.6) is 5.75 Å². The van der Waals surface area contributed by atoms with E-state index in [4.69, 9.17) is 4.74 Å². The van der Waals surface area contributed by atoms with Gasteiger partial charge in [0.05, 0.1) is 23.9 Å². The van der Waals surface area contributed by atoms with Crippen LogP contribution in [-0.4, -0.2) is 42.5 Å². The summed E-state index contributed by atoms with van der Waals surface area (Å²) >= 11 is 1.48. The molecule has 6 heteroatoms. The van der Waals surface area contributed by atoms with Crippen molar-refractivity contribution < 1.29 is 9.53 Å². The Morgan fingerprint density at radius 2 is 2.19 bits per heavy atom. The molecule has 112 valence electrons. The molecule has 21 heavy (non-hydrogen) atoms. The van der Waals surface area contributed by atoms with Crippen LogP contribution in [0.2, 0.25) is 0 Å². The minimum absolute atomic E-state index is 0.0166. The average molecular weight is 305 g/mol. The summed E-state index contributed by atoms with van der Waals surface area (Å²) in [5.74, 6) is 0.820. The first kappa shape index (κ1) is 14.3. The van der Waals surface area contributed by atoms with E-state index in [1.165, 1.54) is 30.6 Å². The van der Waals surface area contributed by atoms with E-state index in [1.807, 2.05) is 18.2 Å². The summed E-state index contributed by atoms with van der Waals surface area (Å²) < 4.78 is 6.21. The first-order chi connectivity index (χ1) is 10.2. The van der Waals surface area contributed by atoms with Crippen molar-refractivity contribution in [2.75, 3.05) is 32.1 Å². The number of benzene rings is 1. The fraction of sp³-hybridized carbons (Fsp3) is 0.467. The number of hydrogen-bond acceptors (Lipinski definition) is 5. The highest BCUT2D eigenvalue weighted by atomic mass is 32.1. The zero-order valence-corrected chi connectivity index (χ0v) is 12.9. The first-order valence-corrected chi connectivity index (χ1v) is 8.03. The van der Waals surface area contributed by atoms with E-state index < -0.39 is 0 Å². The lowest BCUT2D eigenvalue weighted by Gasteiger charge is -2.25. The van der Waals surface area contributed by atoms with Crippen molar-refractivity contribution >= 4 is 32.6 Å². The molecule has 0 saturated carbocycles. The Hall–Kier alpha value is -1.66. The minimum atomic E-state index is 0.0166. The fourth-order valence-electron chi connectivity index (χ4n) is 2.56. The van der Waals surface area contributed by atoms with Crippen LogP contribution >= 0.6 is 11.3 Å². The number of likely N-dealkylation sites (tertiary alicyclic amines) is 1. The number of carbonyl (C=O) groups is 1. The molecule has 2 aromatic rings. The maximum atomic E-state index is 12.1. The Balaban J connectivity index is 1.65. The van der Waals surface area contributed by atoms with E-state index >= 15 is 0 Å². The summed E-state index contributed by atoms with van der Waals surface area (Å²) in [6.07, 6.45) is 3.65. The number of nitrogens with zero attached hydrogens (tertiary/aromatic N) is 2. The molecule has 1 N–H and O–H groups in total. The van der Waals surface area contributed by atoms with Gasteiger partial charge in [0.25, 0.3) is 0 Å². The second kappa shape index (κ2) is 6.41. The van der Waals surface area contributed by atoms with Crippen molar-refractivity contribution in [3.63, 3.8) is 0 Å².